The van der Waals surface area contributed by atoms with E-state index < -0.39 is 17.5 Å². The number of rotatable bonds is 13. The van der Waals surface area contributed by atoms with E-state index in [-0.39, 0.29) is 18.8 Å². The number of aromatic nitrogens is 4. The minimum atomic E-state index is -1.12. The molecule has 2 aromatic carbocycles. The fourth-order valence-electron chi connectivity index (χ4n) is 5.30. The van der Waals surface area contributed by atoms with Crippen LogP contribution in [0.5, 0.6) is 11.5 Å². The summed E-state index contributed by atoms with van der Waals surface area (Å²) in [5, 5.41) is 19.8. The van der Waals surface area contributed by atoms with Crippen LogP contribution < -0.4 is 20.1 Å². The van der Waals surface area contributed by atoms with Gasteiger partial charge in [-0.2, -0.15) is 5.10 Å². The Morgan fingerprint density at radius 2 is 2.07 bits per heavy atom. The number of hydrogen-bond acceptors (Lipinski definition) is 9. The molecule has 4 aromatic rings. The van der Waals surface area contributed by atoms with Crippen molar-refractivity contribution in [2.45, 2.75) is 44.7 Å². The molecule has 0 aliphatic carbocycles. The summed E-state index contributed by atoms with van der Waals surface area (Å²) in [7, 11) is 1.57. The molecular formula is C30H35F2N7O4. The minimum absolute atomic E-state index is 0.212. The summed E-state index contributed by atoms with van der Waals surface area (Å²) in [6.45, 7) is 2.48. The van der Waals surface area contributed by atoms with Gasteiger partial charge in [0, 0.05) is 36.8 Å². The van der Waals surface area contributed by atoms with Gasteiger partial charge in [0.15, 0.2) is 23.1 Å². The Labute approximate surface area is 247 Å². The van der Waals surface area contributed by atoms with Gasteiger partial charge >= 0.3 is 0 Å². The van der Waals surface area contributed by atoms with E-state index in [1.54, 1.807) is 19.4 Å². The maximum Gasteiger partial charge on any atom is 0.246 e. The first-order valence-electron chi connectivity index (χ1n) is 14.3. The Morgan fingerprint density at radius 1 is 1.19 bits per heavy atom. The average Bonchev–Trinajstić information content (AvgIpc) is 3.44. The lowest BCUT2D eigenvalue weighted by atomic mass is 9.99. The first-order valence-corrected chi connectivity index (χ1v) is 14.3. The van der Waals surface area contributed by atoms with Crippen LogP contribution in [0.4, 0.5) is 26.0 Å². The molecule has 3 heterocycles. The van der Waals surface area contributed by atoms with E-state index in [1.807, 2.05) is 6.07 Å². The highest BCUT2D eigenvalue weighted by molar-refractivity contribution is 5.93. The summed E-state index contributed by atoms with van der Waals surface area (Å²) >= 11 is 0. The third kappa shape index (κ3) is 7.54. The number of ether oxygens (including phenoxy) is 2. The molecule has 1 atom stereocenters. The highest BCUT2D eigenvalue weighted by Crippen LogP contribution is 2.35. The van der Waals surface area contributed by atoms with E-state index in [1.165, 1.54) is 42.2 Å². The van der Waals surface area contributed by atoms with Crippen molar-refractivity contribution in [3.8, 4) is 11.5 Å². The monoisotopic (exact) mass is 595 g/mol. The number of methoxy groups -OCH3 is 1. The van der Waals surface area contributed by atoms with Crippen LogP contribution in [0.15, 0.2) is 49.1 Å². The van der Waals surface area contributed by atoms with Crippen LogP contribution in [-0.4, -0.2) is 75.1 Å². The summed E-state index contributed by atoms with van der Waals surface area (Å²) < 4.78 is 40.4. The lowest BCUT2D eigenvalue weighted by molar-refractivity contribution is -0.116. The second kappa shape index (κ2) is 14.2. The SMILES string of the molecule is COc1cc2c(Nc3cnn(CC(=O)Nc4cccc(F)c4F)c3)ncnc2cc1OCCCN1CCCCC1CCO. The molecule has 0 radical (unpaired) electrons. The fraction of sp³-hybridized carbons (Fsp3) is 0.400. The predicted molar refractivity (Wildman–Crippen MR) is 158 cm³/mol. The number of nitrogens with zero attached hydrogens (tertiary/aromatic N) is 5. The van der Waals surface area contributed by atoms with E-state index in [0.29, 0.717) is 46.6 Å². The molecule has 11 nitrogen and oxygen atoms in total. The summed E-state index contributed by atoms with van der Waals surface area (Å²) in [6, 6.07) is 7.62. The van der Waals surface area contributed by atoms with Gasteiger partial charge in [-0.05, 0) is 50.4 Å². The molecule has 3 N–H and O–H groups in total. The van der Waals surface area contributed by atoms with Gasteiger partial charge in [-0.15, -0.1) is 0 Å². The molecule has 1 amide bonds. The number of fused-ring (bicyclic) bond motifs is 1. The van der Waals surface area contributed by atoms with E-state index in [9.17, 15) is 18.7 Å². The Kier molecular flexibility index (Phi) is 9.95. The smallest absolute Gasteiger partial charge is 0.246 e. The molecule has 1 unspecified atom stereocenters. The van der Waals surface area contributed by atoms with Crippen LogP contribution in [0.3, 0.4) is 0 Å². The Hall–Kier alpha value is -4.36. The third-order valence-corrected chi connectivity index (χ3v) is 7.41. The number of nitrogens with one attached hydrogen (secondary N) is 2. The van der Waals surface area contributed by atoms with E-state index >= 15 is 0 Å². The van der Waals surface area contributed by atoms with Crippen molar-refractivity contribution in [2.24, 2.45) is 0 Å². The zero-order valence-electron chi connectivity index (χ0n) is 23.9. The number of anilines is 3. The molecule has 228 valence electrons. The van der Waals surface area contributed by atoms with Crippen LogP contribution in [0.25, 0.3) is 10.9 Å². The normalized spacial score (nSPS) is 15.4. The van der Waals surface area contributed by atoms with Gasteiger partial charge in [0.1, 0.15) is 18.7 Å². The number of hydrogen-bond donors (Lipinski definition) is 3. The molecule has 5 rings (SSSR count). The van der Waals surface area contributed by atoms with Crippen LogP contribution in [-0.2, 0) is 11.3 Å². The predicted octanol–water partition coefficient (Wildman–Crippen LogP) is 4.50. The molecule has 1 aliphatic heterocycles. The second-order valence-electron chi connectivity index (χ2n) is 10.3. The molecule has 1 saturated heterocycles. The topological polar surface area (TPSA) is 127 Å². The number of aliphatic hydroxyl groups excluding tert-OH is 1. The van der Waals surface area contributed by atoms with Crippen molar-refractivity contribution in [2.75, 3.05) is 44.0 Å². The second-order valence-corrected chi connectivity index (χ2v) is 10.3. The van der Waals surface area contributed by atoms with Gasteiger partial charge in [-0.25, -0.2) is 18.7 Å². The lowest BCUT2D eigenvalue weighted by Crippen LogP contribution is -2.40. The fourth-order valence-corrected chi connectivity index (χ4v) is 5.30. The maximum atomic E-state index is 13.9. The van der Waals surface area contributed by atoms with Gasteiger partial charge in [0.25, 0.3) is 0 Å². The molecular weight excluding hydrogens is 560 g/mol. The van der Waals surface area contributed by atoms with Gasteiger partial charge < -0.3 is 30.1 Å². The van der Waals surface area contributed by atoms with Crippen LogP contribution in [0, 0.1) is 11.6 Å². The molecule has 0 saturated carbocycles. The minimum Gasteiger partial charge on any atom is -0.493 e. The van der Waals surface area contributed by atoms with Crippen LogP contribution in [0.2, 0.25) is 0 Å². The maximum absolute atomic E-state index is 13.9. The number of carbonyl (C=O) groups is 1. The van der Waals surface area contributed by atoms with Crippen LogP contribution in [0.1, 0.15) is 32.1 Å². The number of amides is 1. The van der Waals surface area contributed by atoms with Crippen molar-refractivity contribution in [3.63, 3.8) is 0 Å². The summed E-state index contributed by atoms with van der Waals surface area (Å²) in [5.41, 5.74) is 0.964. The third-order valence-electron chi connectivity index (χ3n) is 7.41. The zero-order valence-corrected chi connectivity index (χ0v) is 23.9. The number of halogens is 2. The summed E-state index contributed by atoms with van der Waals surface area (Å²) in [6.07, 6.45) is 9.73. The van der Waals surface area contributed by atoms with Crippen molar-refractivity contribution in [3.05, 3.63) is 60.7 Å². The highest BCUT2D eigenvalue weighted by Gasteiger charge is 2.21. The molecule has 0 spiro atoms. The highest BCUT2D eigenvalue weighted by atomic mass is 19.2. The first-order chi connectivity index (χ1) is 20.9. The molecule has 43 heavy (non-hydrogen) atoms. The summed E-state index contributed by atoms with van der Waals surface area (Å²) in [4.78, 5) is 23.6. The quantitative estimate of drug-likeness (QED) is 0.192. The Morgan fingerprint density at radius 3 is 2.91 bits per heavy atom. The average molecular weight is 596 g/mol. The largest absolute Gasteiger partial charge is 0.493 e. The van der Waals surface area contributed by atoms with Gasteiger partial charge in [-0.3, -0.25) is 9.48 Å². The van der Waals surface area contributed by atoms with Crippen LogP contribution >= 0.6 is 0 Å². The number of piperidine rings is 1. The Balaban J connectivity index is 1.21. The van der Waals surface area contributed by atoms with E-state index in [2.05, 4.69) is 30.6 Å². The number of aliphatic hydroxyl groups is 1. The zero-order chi connectivity index (χ0) is 30.2. The summed E-state index contributed by atoms with van der Waals surface area (Å²) in [5.74, 6) is -1.11. The van der Waals surface area contributed by atoms with Crippen molar-refractivity contribution in [1.29, 1.82) is 0 Å². The lowest BCUT2D eigenvalue weighted by Gasteiger charge is -2.35. The van der Waals surface area contributed by atoms with E-state index in [0.717, 1.165) is 38.4 Å². The molecule has 2 aromatic heterocycles. The van der Waals surface area contributed by atoms with Gasteiger partial charge in [-0.1, -0.05) is 12.5 Å². The van der Waals surface area contributed by atoms with Crippen molar-refractivity contribution >= 4 is 34.0 Å². The number of carbonyl (C=O) groups excluding carboxylic acids is 1. The van der Waals surface area contributed by atoms with Crippen molar-refractivity contribution in [1.82, 2.24) is 24.6 Å². The standard InChI is InChI=1S/C30H35F2N7O4/c1-42-26-14-22-25(15-27(26)43-13-5-11-38-10-3-2-6-21(38)9-12-40)33-19-34-30(22)36-20-16-35-39(17-20)18-28(41)37-24-8-4-7-23(31)29(24)32/h4,7-8,14-17,19,21,40H,2-3,5-6,9-13,18H2,1H3,(H,37,41)(H,33,34,36). The van der Waals surface area contributed by atoms with Gasteiger partial charge in [0.2, 0.25) is 5.91 Å². The van der Waals surface area contributed by atoms with E-state index in [4.69, 9.17) is 9.47 Å². The molecule has 13 heteroatoms. The molecule has 1 aliphatic rings. The first kappa shape index (κ1) is 30.1. The number of benzene rings is 2. The number of likely N-dealkylation sites (tertiary alicyclic amines) is 1. The molecule has 0 bridgehead atoms. The Bertz CT molecular complexity index is 1550. The van der Waals surface area contributed by atoms with Crippen molar-refractivity contribution < 1.29 is 28.2 Å². The van der Waals surface area contributed by atoms with Gasteiger partial charge in [0.05, 0.1) is 36.8 Å². The molecule has 1 fully saturated rings.